The Hall–Kier alpha value is -6.63. The Kier molecular flexibility index (Phi) is 56.7. The minimum atomic E-state index is -2.84. The van der Waals surface area contributed by atoms with Crippen LogP contribution in [0.15, 0.2) is 114 Å². The van der Waals surface area contributed by atoms with Crippen LogP contribution in [0.1, 0.15) is 331 Å². The molecule has 2 atom stereocenters. The highest BCUT2D eigenvalue weighted by Gasteiger charge is 2.26. The van der Waals surface area contributed by atoms with Gasteiger partial charge < -0.3 is 48.8 Å². The Balaban J connectivity index is 0.000000519. The van der Waals surface area contributed by atoms with E-state index in [0.29, 0.717) is 109 Å². The number of benzene rings is 3. The molecular weight excluding hydrogens is 1700 g/mol. The first-order valence-electron chi connectivity index (χ1n) is 49.7. The van der Waals surface area contributed by atoms with Crippen molar-refractivity contribution in [3.63, 3.8) is 0 Å². The van der Waals surface area contributed by atoms with Gasteiger partial charge in [-0.1, -0.05) is 304 Å². The minimum absolute atomic E-state index is 0.101. The lowest BCUT2D eigenvalue weighted by Gasteiger charge is -2.26. The maximum absolute atomic E-state index is 11.5. The summed E-state index contributed by atoms with van der Waals surface area (Å²) in [7, 11) is -3.96. The average molecular weight is 1890 g/mol. The molecule has 7 aromatic rings. The SMILES string of the molecule is CC(C)(C)CC#C[Si](C)(C)C.CC(C)(C)CC1CCCO1.CC(C)(C)CCOCCO.CC(C)(C)CCOCCn1nncc1-c1ccc(N)cc1.CC(C)(C)CCOCCn1nncc1CN1CCS(=O)(=O)CC1.CC(C)(C)Cc1ccc(-n2nncc2COC2CCCCO2)cc1.CC(C)(C)Cc1ccc(O)cc1.CC(C)(C)Cc1ccco1.CCCCCCCCC(C)(C)C. The molecule has 24 heteroatoms. The summed E-state index contributed by atoms with van der Waals surface area (Å²) in [5.41, 5.74) is 20.7. The number of hydrogen-bond donors (Lipinski definition) is 3. The van der Waals surface area contributed by atoms with Crippen LogP contribution in [0.3, 0.4) is 0 Å². The normalized spacial score (nSPS) is 15.5. The second kappa shape index (κ2) is 61.6. The van der Waals surface area contributed by atoms with Crippen LogP contribution in [0.2, 0.25) is 19.6 Å². The van der Waals surface area contributed by atoms with Crippen LogP contribution >= 0.6 is 0 Å². The molecule has 0 radical (unpaired) electrons. The molecule has 4 N–H and O–H groups in total. The molecule has 3 aliphatic rings. The molecular formula is C109H191N11O11SSi. The van der Waals surface area contributed by atoms with Gasteiger partial charge in [0.15, 0.2) is 16.1 Å². The highest BCUT2D eigenvalue weighted by molar-refractivity contribution is 7.91. The van der Waals surface area contributed by atoms with E-state index in [0.717, 1.165) is 137 Å². The van der Waals surface area contributed by atoms with Crippen LogP contribution in [-0.2, 0) is 83.8 Å². The quantitative estimate of drug-likeness (QED) is 0.0158. The fraction of sp³-hybridized carbons (Fsp3) is 0.725. The van der Waals surface area contributed by atoms with Crippen LogP contribution < -0.4 is 5.73 Å². The van der Waals surface area contributed by atoms with Crippen molar-refractivity contribution in [3.8, 4) is 34.2 Å². The first kappa shape index (κ1) is 122. The van der Waals surface area contributed by atoms with Crippen molar-refractivity contribution in [2.24, 2.45) is 48.7 Å². The van der Waals surface area contributed by atoms with Crippen LogP contribution in [0.5, 0.6) is 5.75 Å². The molecule has 0 aliphatic carbocycles. The highest BCUT2D eigenvalue weighted by Crippen LogP contribution is 2.31. The van der Waals surface area contributed by atoms with Gasteiger partial charge in [0, 0.05) is 76.8 Å². The van der Waals surface area contributed by atoms with Gasteiger partial charge in [0.05, 0.1) is 111 Å². The molecule has 4 aromatic heterocycles. The molecule has 2 unspecified atom stereocenters. The van der Waals surface area contributed by atoms with Crippen molar-refractivity contribution in [3.05, 3.63) is 138 Å². The number of ether oxygens (including phenoxy) is 6. The monoisotopic (exact) mass is 1890 g/mol. The number of phenols is 1. The van der Waals surface area contributed by atoms with E-state index in [1.54, 1.807) is 37.0 Å². The zero-order chi connectivity index (χ0) is 100. The minimum Gasteiger partial charge on any atom is -0.508 e. The van der Waals surface area contributed by atoms with Crippen molar-refractivity contribution in [2.45, 2.75) is 381 Å². The zero-order valence-corrected chi connectivity index (χ0v) is 91.6. The molecule has 7 heterocycles. The Morgan fingerprint density at radius 2 is 1.01 bits per heavy atom. The summed E-state index contributed by atoms with van der Waals surface area (Å²) < 4.78 is 67.2. The molecule has 0 bridgehead atoms. The number of aromatic hydroxyl groups is 1. The summed E-state index contributed by atoms with van der Waals surface area (Å²) in [6.07, 6.45) is 31.7. The summed E-state index contributed by atoms with van der Waals surface area (Å²) in [6.45, 7) is 78.9. The van der Waals surface area contributed by atoms with Gasteiger partial charge in [0.1, 0.15) is 19.6 Å². The molecule has 0 spiro atoms. The van der Waals surface area contributed by atoms with E-state index in [2.05, 4.69) is 285 Å². The van der Waals surface area contributed by atoms with E-state index >= 15 is 0 Å². The number of aromatic nitrogens is 9. The molecule has 0 saturated carbocycles. The van der Waals surface area contributed by atoms with Gasteiger partial charge in [-0.25, -0.2) is 22.5 Å². The van der Waals surface area contributed by atoms with Crippen molar-refractivity contribution in [2.75, 3.05) is 89.8 Å². The third kappa shape index (κ3) is 68.9. The first-order valence-corrected chi connectivity index (χ1v) is 55.0. The van der Waals surface area contributed by atoms with Crippen molar-refractivity contribution in [1.82, 2.24) is 49.9 Å². The van der Waals surface area contributed by atoms with Gasteiger partial charge in [-0.05, 0) is 185 Å². The maximum atomic E-state index is 11.5. The van der Waals surface area contributed by atoms with Crippen LogP contribution in [0, 0.1) is 60.2 Å². The molecule has 3 saturated heterocycles. The fourth-order valence-corrected chi connectivity index (χ4v) is 15.4. The number of phenolic OH excluding ortho intramolecular Hbond substituents is 1. The summed E-state index contributed by atoms with van der Waals surface area (Å²) >= 11 is 0. The van der Waals surface area contributed by atoms with Gasteiger partial charge in [-0.2, -0.15) is 0 Å². The van der Waals surface area contributed by atoms with Crippen LogP contribution in [0.25, 0.3) is 16.9 Å². The molecule has 0 amide bonds. The van der Waals surface area contributed by atoms with Gasteiger partial charge in [0.2, 0.25) is 0 Å². The lowest BCUT2D eigenvalue weighted by Crippen LogP contribution is -2.40. The third-order valence-corrected chi connectivity index (χ3v) is 23.3. The van der Waals surface area contributed by atoms with E-state index in [-0.39, 0.29) is 35.2 Å². The number of nitrogens with two attached hydrogens (primary N) is 1. The standard InChI is InChI=1S/C19H27N3O2.C16H24N4O.C15H28N4O3S.C12H26.C11H16O.C10H20Si.C9H18O.C9H14O.C8H18O2/c1-19(2,3)12-15-7-9-16(10-8-15)22-17(13-20-21-22)14-24-18-6-4-5-11-23-18;1-16(2,3)8-10-21-11-9-20-15(12-18-19-20)13-4-6-14(17)7-5-13;1-15(2,3)4-8-22-9-5-19-14(12-16-17-19)13-18-6-10-23(20,21)11-7-18;1-5-6-7-8-9-10-11-12(2,3)4;1-11(2,3)8-9-4-6-10(12)7-5-9;1-10(2,3)8-7-9-11(4,5)6;2*1-9(2,3)7-8-5-4-6-10-8;1-8(2,3)4-6-10-7-5-9/h7-10,13,18H,4-6,11-12,14H2,1-3H3;4-7,12H,8-11,17H2,1-3H3;12H,4-11,13H2,1-3H3;5-11H2,1-4H3;4-7,12H,8H2,1-3H3;8H2,1-6H3;8H,4-7H2,1-3H3;4-6H,7H2,1-3H3;9H,4-7H2,1-3H3. The predicted octanol–water partition coefficient (Wildman–Crippen LogP) is 25.8. The highest BCUT2D eigenvalue weighted by atomic mass is 32.2. The number of nitrogen functional groups attached to an aromatic ring is 1. The number of nitrogens with zero attached hydrogens (tertiary/aromatic N) is 10. The van der Waals surface area contributed by atoms with Crippen molar-refractivity contribution < 1.29 is 51.5 Å². The molecule has 22 nitrogen and oxygen atoms in total. The second-order valence-corrected chi connectivity index (χ2v) is 55.0. The molecule has 10 rings (SSSR count). The lowest BCUT2D eigenvalue weighted by molar-refractivity contribution is -0.169. The van der Waals surface area contributed by atoms with E-state index in [4.69, 9.17) is 48.8 Å². The Morgan fingerprint density at radius 1 is 0.511 bits per heavy atom. The third-order valence-electron chi connectivity index (χ3n) is 20.7. The summed E-state index contributed by atoms with van der Waals surface area (Å²) in [4.78, 5) is 2.14. The number of rotatable bonds is 31. The number of furan rings is 1. The maximum Gasteiger partial charge on any atom is 0.158 e. The van der Waals surface area contributed by atoms with Gasteiger partial charge >= 0.3 is 0 Å². The van der Waals surface area contributed by atoms with E-state index < -0.39 is 17.9 Å². The molecule has 3 fully saturated rings. The predicted molar refractivity (Wildman–Crippen MR) is 557 cm³/mol. The zero-order valence-electron chi connectivity index (χ0n) is 89.7. The van der Waals surface area contributed by atoms with E-state index in [1.807, 2.05) is 62.6 Å². The number of unbranched alkanes of at least 4 members (excludes halogenated alkanes) is 5. The number of aliphatic hydroxyl groups is 1. The average Bonchev–Trinajstić information content (AvgIpc) is 1.71. The largest absolute Gasteiger partial charge is 0.508 e. The van der Waals surface area contributed by atoms with Crippen LogP contribution in [-0.4, -0.2) is 173 Å². The number of hydrogen-bond acceptors (Lipinski definition) is 19. The lowest BCUT2D eigenvalue weighted by atomic mass is 9.88. The van der Waals surface area contributed by atoms with Gasteiger partial charge in [0.25, 0.3) is 0 Å². The van der Waals surface area contributed by atoms with Crippen molar-refractivity contribution >= 4 is 23.6 Å². The Labute approximate surface area is 811 Å². The van der Waals surface area contributed by atoms with Gasteiger partial charge in [-0.15, -0.1) is 26.8 Å². The number of anilines is 1. The van der Waals surface area contributed by atoms with Crippen LogP contribution in [0.4, 0.5) is 5.69 Å². The molecule has 3 aliphatic heterocycles. The first-order chi connectivity index (χ1) is 61.7. The second-order valence-electron chi connectivity index (χ2n) is 48.0. The Bertz CT molecular complexity index is 4250. The summed E-state index contributed by atoms with van der Waals surface area (Å²) in [6, 6.07) is 27.6. The molecule has 758 valence electrons. The topological polar surface area (TPSA) is 265 Å². The van der Waals surface area contributed by atoms with E-state index in [9.17, 15) is 8.42 Å². The fourth-order valence-electron chi connectivity index (χ4n) is 13.5. The van der Waals surface area contributed by atoms with Crippen molar-refractivity contribution in [1.29, 1.82) is 0 Å². The summed E-state index contributed by atoms with van der Waals surface area (Å²) in [5, 5.41) is 41.8. The smallest absolute Gasteiger partial charge is 0.158 e. The number of aliphatic hydroxyl groups excluding tert-OH is 1. The molecule has 133 heavy (non-hydrogen) atoms. The van der Waals surface area contributed by atoms with Gasteiger partial charge in [-0.3, -0.25) is 4.90 Å². The number of sulfone groups is 1. The Morgan fingerprint density at radius 3 is 1.48 bits per heavy atom. The van der Waals surface area contributed by atoms with E-state index in [1.165, 1.54) is 75.3 Å². The molecule has 3 aromatic carbocycles. The summed E-state index contributed by atoms with van der Waals surface area (Å²) in [5.74, 6) is 5.17.